The fourth-order valence-corrected chi connectivity index (χ4v) is 1.93. The summed E-state index contributed by atoms with van der Waals surface area (Å²) in [7, 11) is 0. The van der Waals surface area contributed by atoms with Gasteiger partial charge in [0, 0.05) is 17.5 Å². The summed E-state index contributed by atoms with van der Waals surface area (Å²) in [5, 5.41) is 13.8. The Morgan fingerprint density at radius 1 is 1.56 bits per heavy atom. The zero-order valence-electron chi connectivity index (χ0n) is 9.59. The highest BCUT2D eigenvalue weighted by molar-refractivity contribution is 7.10. The van der Waals surface area contributed by atoms with E-state index in [-0.39, 0.29) is 5.69 Å². The lowest BCUT2D eigenvalue weighted by atomic mass is 10.4. The van der Waals surface area contributed by atoms with Crippen LogP contribution in [-0.2, 0) is 0 Å². The van der Waals surface area contributed by atoms with Gasteiger partial charge in [0.1, 0.15) is 6.07 Å². The van der Waals surface area contributed by atoms with Gasteiger partial charge in [-0.05, 0) is 17.5 Å². The van der Waals surface area contributed by atoms with Crippen molar-refractivity contribution in [3.63, 3.8) is 0 Å². The number of nitrogens with zero attached hydrogens (tertiary/aromatic N) is 2. The summed E-state index contributed by atoms with van der Waals surface area (Å²) in [6.07, 6.45) is 5.32. The lowest BCUT2D eigenvalue weighted by molar-refractivity contribution is 0.560. The van der Waals surface area contributed by atoms with Crippen molar-refractivity contribution < 1.29 is 4.42 Å². The zero-order chi connectivity index (χ0) is 12.8. The molecule has 0 unspecified atom stereocenters. The average molecular weight is 257 g/mol. The lowest BCUT2D eigenvalue weighted by Crippen LogP contribution is -1.97. The fraction of sp³-hybridized carbons (Fsp3) is 0.0769. The van der Waals surface area contributed by atoms with Crippen LogP contribution < -0.4 is 5.32 Å². The van der Waals surface area contributed by atoms with Gasteiger partial charge in [0.2, 0.25) is 17.5 Å². The molecule has 0 aromatic carbocycles. The lowest BCUT2D eigenvalue weighted by Gasteiger charge is -1.95. The summed E-state index contributed by atoms with van der Waals surface area (Å²) < 4.78 is 5.43. The Morgan fingerprint density at radius 3 is 3.11 bits per heavy atom. The SMILES string of the molecule is C=CCNc1oc(/C=C/c2cccs2)nc1C#N. The maximum atomic E-state index is 8.92. The Kier molecular flexibility index (Phi) is 3.94. The maximum Gasteiger partial charge on any atom is 0.232 e. The molecule has 90 valence electrons. The van der Waals surface area contributed by atoms with E-state index in [9.17, 15) is 0 Å². The Hall–Kier alpha value is -2.32. The first-order valence-corrected chi connectivity index (χ1v) is 6.18. The van der Waals surface area contributed by atoms with Crippen molar-refractivity contribution in [2.45, 2.75) is 0 Å². The van der Waals surface area contributed by atoms with Crippen molar-refractivity contribution in [3.8, 4) is 6.07 Å². The second-order valence-corrected chi connectivity index (χ2v) is 4.34. The minimum absolute atomic E-state index is 0.252. The second-order valence-electron chi connectivity index (χ2n) is 3.36. The van der Waals surface area contributed by atoms with E-state index in [0.29, 0.717) is 18.3 Å². The molecule has 0 aliphatic heterocycles. The normalized spacial score (nSPS) is 10.4. The molecule has 0 saturated carbocycles. The number of anilines is 1. The van der Waals surface area contributed by atoms with Crippen LogP contribution in [-0.4, -0.2) is 11.5 Å². The number of rotatable bonds is 5. The molecular weight excluding hydrogens is 246 g/mol. The number of nitrogens with one attached hydrogen (secondary N) is 1. The molecule has 5 heteroatoms. The van der Waals surface area contributed by atoms with Gasteiger partial charge in [0.15, 0.2) is 0 Å². The molecule has 0 saturated heterocycles. The molecule has 0 atom stereocenters. The van der Waals surface area contributed by atoms with Crippen LogP contribution in [0.4, 0.5) is 5.88 Å². The summed E-state index contributed by atoms with van der Waals surface area (Å²) >= 11 is 1.62. The van der Waals surface area contributed by atoms with Crippen LogP contribution >= 0.6 is 11.3 Å². The van der Waals surface area contributed by atoms with Crippen LogP contribution in [0.3, 0.4) is 0 Å². The van der Waals surface area contributed by atoms with E-state index in [1.54, 1.807) is 23.5 Å². The molecule has 4 nitrogen and oxygen atoms in total. The zero-order valence-corrected chi connectivity index (χ0v) is 10.4. The highest BCUT2D eigenvalue weighted by Gasteiger charge is 2.09. The monoisotopic (exact) mass is 257 g/mol. The van der Waals surface area contributed by atoms with Crippen LogP contribution in [0.5, 0.6) is 0 Å². The Morgan fingerprint density at radius 2 is 2.44 bits per heavy atom. The van der Waals surface area contributed by atoms with Gasteiger partial charge in [-0.15, -0.1) is 17.9 Å². The summed E-state index contributed by atoms with van der Waals surface area (Å²) in [4.78, 5) is 5.18. The van der Waals surface area contributed by atoms with Gasteiger partial charge in [0.25, 0.3) is 0 Å². The van der Waals surface area contributed by atoms with E-state index in [1.807, 2.05) is 29.7 Å². The Labute approximate surface area is 109 Å². The van der Waals surface area contributed by atoms with Gasteiger partial charge < -0.3 is 9.73 Å². The van der Waals surface area contributed by atoms with Gasteiger partial charge >= 0.3 is 0 Å². The first-order valence-electron chi connectivity index (χ1n) is 5.30. The van der Waals surface area contributed by atoms with Crippen molar-refractivity contribution in [1.29, 1.82) is 5.26 Å². The Bertz CT molecular complexity index is 590. The maximum absolute atomic E-state index is 8.92. The van der Waals surface area contributed by atoms with E-state index in [0.717, 1.165) is 4.88 Å². The molecule has 2 aromatic rings. The van der Waals surface area contributed by atoms with Crippen molar-refractivity contribution in [2.75, 3.05) is 11.9 Å². The average Bonchev–Trinajstić information content (AvgIpc) is 3.03. The van der Waals surface area contributed by atoms with Crippen LogP contribution in [0.2, 0.25) is 0 Å². The number of oxazole rings is 1. The summed E-state index contributed by atoms with van der Waals surface area (Å²) in [6, 6.07) is 5.95. The molecule has 0 bridgehead atoms. The van der Waals surface area contributed by atoms with Gasteiger partial charge in [-0.2, -0.15) is 10.2 Å². The highest BCUT2D eigenvalue weighted by Crippen LogP contribution is 2.19. The van der Waals surface area contributed by atoms with Crippen molar-refractivity contribution in [2.24, 2.45) is 0 Å². The largest absolute Gasteiger partial charge is 0.420 e. The van der Waals surface area contributed by atoms with Crippen LogP contribution in [0.25, 0.3) is 12.2 Å². The van der Waals surface area contributed by atoms with E-state index in [4.69, 9.17) is 9.68 Å². The molecule has 0 amide bonds. The number of nitriles is 1. The highest BCUT2D eigenvalue weighted by atomic mass is 32.1. The molecular formula is C13H11N3OS. The number of thiophene rings is 1. The molecule has 2 heterocycles. The quantitative estimate of drug-likeness (QED) is 0.834. The number of aromatic nitrogens is 1. The topological polar surface area (TPSA) is 61.9 Å². The minimum atomic E-state index is 0.252. The molecule has 0 radical (unpaired) electrons. The molecule has 2 aromatic heterocycles. The van der Waals surface area contributed by atoms with E-state index < -0.39 is 0 Å². The van der Waals surface area contributed by atoms with Crippen molar-refractivity contribution in [3.05, 3.63) is 46.6 Å². The molecule has 0 aliphatic rings. The molecule has 0 spiro atoms. The first-order chi connectivity index (χ1) is 8.83. The summed E-state index contributed by atoms with van der Waals surface area (Å²) in [5.41, 5.74) is 0.252. The molecule has 18 heavy (non-hydrogen) atoms. The number of hydrogen-bond donors (Lipinski definition) is 1. The van der Waals surface area contributed by atoms with Crippen LogP contribution in [0.15, 0.2) is 34.6 Å². The third-order valence-electron chi connectivity index (χ3n) is 2.09. The van der Waals surface area contributed by atoms with Crippen molar-refractivity contribution in [1.82, 2.24) is 4.98 Å². The molecule has 0 aliphatic carbocycles. The summed E-state index contributed by atoms with van der Waals surface area (Å²) in [6.45, 7) is 4.11. The van der Waals surface area contributed by atoms with Crippen LogP contribution in [0.1, 0.15) is 16.5 Å². The van der Waals surface area contributed by atoms with Crippen LogP contribution in [0, 0.1) is 11.3 Å². The van der Waals surface area contributed by atoms with E-state index in [2.05, 4.69) is 16.9 Å². The molecule has 2 rings (SSSR count). The molecule has 0 fully saturated rings. The third-order valence-corrected chi connectivity index (χ3v) is 2.93. The first kappa shape index (κ1) is 12.1. The fourth-order valence-electron chi connectivity index (χ4n) is 1.31. The van der Waals surface area contributed by atoms with Gasteiger partial charge in [-0.3, -0.25) is 0 Å². The smallest absolute Gasteiger partial charge is 0.232 e. The third kappa shape index (κ3) is 2.87. The predicted octanol–water partition coefficient (Wildman–Crippen LogP) is 3.38. The Balaban J connectivity index is 2.17. The predicted molar refractivity (Wildman–Crippen MR) is 73.2 cm³/mol. The van der Waals surface area contributed by atoms with Gasteiger partial charge in [-0.25, -0.2) is 0 Å². The van der Waals surface area contributed by atoms with E-state index in [1.165, 1.54) is 0 Å². The minimum Gasteiger partial charge on any atom is -0.420 e. The standard InChI is InChI=1S/C13H11N3OS/c1-2-7-15-13-11(9-14)16-12(17-13)6-5-10-4-3-8-18-10/h2-6,8,15H,1,7H2/b6-5+. The summed E-state index contributed by atoms with van der Waals surface area (Å²) in [5.74, 6) is 0.787. The second kappa shape index (κ2) is 5.84. The number of hydrogen-bond acceptors (Lipinski definition) is 5. The van der Waals surface area contributed by atoms with Gasteiger partial charge in [0.05, 0.1) is 0 Å². The van der Waals surface area contributed by atoms with Crippen molar-refractivity contribution >= 4 is 29.4 Å². The van der Waals surface area contributed by atoms with Gasteiger partial charge in [-0.1, -0.05) is 12.1 Å². The molecule has 1 N–H and O–H groups in total. The van der Waals surface area contributed by atoms with E-state index >= 15 is 0 Å².